The number of rotatable bonds is 4. The van der Waals surface area contributed by atoms with E-state index in [1.807, 2.05) is 12.1 Å². The molecule has 2 aliphatic heterocycles. The van der Waals surface area contributed by atoms with Crippen molar-refractivity contribution in [1.82, 2.24) is 9.80 Å². The first-order valence-corrected chi connectivity index (χ1v) is 10.1. The van der Waals surface area contributed by atoms with Crippen molar-refractivity contribution in [3.05, 3.63) is 29.8 Å². The first-order valence-electron chi connectivity index (χ1n) is 8.23. The molecular weight excluding hydrogens is 296 g/mol. The van der Waals surface area contributed by atoms with Crippen molar-refractivity contribution in [1.29, 1.82) is 0 Å². The average molecular weight is 322 g/mol. The van der Waals surface area contributed by atoms with Crippen LogP contribution in [0.4, 0.5) is 0 Å². The van der Waals surface area contributed by atoms with Crippen LogP contribution < -0.4 is 0 Å². The molecule has 1 aromatic carbocycles. The minimum atomic E-state index is -3.10. The maximum Gasteiger partial charge on any atom is 0.175 e. The molecule has 22 heavy (non-hydrogen) atoms. The van der Waals surface area contributed by atoms with Gasteiger partial charge in [-0.2, -0.15) is 0 Å². The SMILES string of the molecule is C[C@@H](c1ccc(S(C)(=O)=O)cc1)N1CC[C@H](N2CCCC2)C1. The maximum atomic E-state index is 11.5. The predicted octanol–water partition coefficient (Wildman–Crippen LogP) is 2.32. The summed E-state index contributed by atoms with van der Waals surface area (Å²) in [5.41, 5.74) is 1.20. The van der Waals surface area contributed by atoms with Crippen molar-refractivity contribution < 1.29 is 8.42 Å². The Balaban J connectivity index is 1.65. The lowest BCUT2D eigenvalue weighted by molar-refractivity contribution is 0.208. The van der Waals surface area contributed by atoms with Crippen LogP contribution in [0.25, 0.3) is 0 Å². The van der Waals surface area contributed by atoms with Crippen LogP contribution in [-0.4, -0.2) is 56.7 Å². The smallest absolute Gasteiger partial charge is 0.175 e. The van der Waals surface area contributed by atoms with Crippen molar-refractivity contribution in [3.63, 3.8) is 0 Å². The molecule has 0 bridgehead atoms. The Hall–Kier alpha value is -0.910. The lowest BCUT2D eigenvalue weighted by Gasteiger charge is -2.27. The first kappa shape index (κ1) is 16.0. The van der Waals surface area contributed by atoms with Crippen molar-refractivity contribution in [2.24, 2.45) is 0 Å². The summed E-state index contributed by atoms with van der Waals surface area (Å²) < 4.78 is 23.1. The number of likely N-dealkylation sites (tertiary alicyclic amines) is 2. The van der Waals surface area contributed by atoms with Crippen LogP contribution in [0.1, 0.15) is 37.8 Å². The van der Waals surface area contributed by atoms with Gasteiger partial charge in [-0.3, -0.25) is 9.80 Å². The molecule has 2 atom stereocenters. The van der Waals surface area contributed by atoms with Gasteiger partial charge in [0, 0.05) is 31.4 Å². The number of benzene rings is 1. The fourth-order valence-corrected chi connectivity index (χ4v) is 4.36. The van der Waals surface area contributed by atoms with Crippen LogP contribution in [0.5, 0.6) is 0 Å². The van der Waals surface area contributed by atoms with E-state index < -0.39 is 9.84 Å². The Morgan fingerprint density at radius 2 is 1.73 bits per heavy atom. The van der Waals surface area contributed by atoms with E-state index >= 15 is 0 Å². The zero-order valence-corrected chi connectivity index (χ0v) is 14.3. The van der Waals surface area contributed by atoms with Gasteiger partial charge in [-0.15, -0.1) is 0 Å². The predicted molar refractivity (Wildman–Crippen MR) is 88.8 cm³/mol. The van der Waals surface area contributed by atoms with E-state index in [0.29, 0.717) is 17.0 Å². The number of nitrogens with zero attached hydrogens (tertiary/aromatic N) is 2. The number of hydrogen-bond acceptors (Lipinski definition) is 4. The normalized spacial score (nSPS) is 25.6. The van der Waals surface area contributed by atoms with Gasteiger partial charge in [0.05, 0.1) is 4.90 Å². The molecule has 0 spiro atoms. The summed E-state index contributed by atoms with van der Waals surface area (Å²) in [7, 11) is -3.10. The molecule has 0 aliphatic carbocycles. The standard InChI is InChI=1S/C17H26N2O2S/c1-14(15-5-7-17(8-6-15)22(2,20)21)19-12-9-16(13-19)18-10-3-4-11-18/h5-8,14,16H,3-4,9-13H2,1-2H3/t14-,16-/m0/s1. The second-order valence-electron chi connectivity index (χ2n) is 6.70. The fraction of sp³-hybridized carbons (Fsp3) is 0.647. The van der Waals surface area contributed by atoms with E-state index in [1.54, 1.807) is 12.1 Å². The summed E-state index contributed by atoms with van der Waals surface area (Å²) in [5, 5.41) is 0. The van der Waals surface area contributed by atoms with Crippen molar-refractivity contribution in [2.45, 2.75) is 43.2 Å². The number of sulfone groups is 1. The highest BCUT2D eigenvalue weighted by atomic mass is 32.2. The van der Waals surface area contributed by atoms with E-state index in [4.69, 9.17) is 0 Å². The van der Waals surface area contributed by atoms with Crippen LogP contribution in [0, 0.1) is 0 Å². The highest BCUT2D eigenvalue weighted by Crippen LogP contribution is 2.28. The van der Waals surface area contributed by atoms with Crippen LogP contribution >= 0.6 is 0 Å². The summed E-state index contributed by atoms with van der Waals surface area (Å²) >= 11 is 0. The lowest BCUT2D eigenvalue weighted by Crippen LogP contribution is -2.35. The van der Waals surface area contributed by atoms with Crippen LogP contribution in [0.2, 0.25) is 0 Å². The monoisotopic (exact) mass is 322 g/mol. The van der Waals surface area contributed by atoms with E-state index in [2.05, 4.69) is 16.7 Å². The highest BCUT2D eigenvalue weighted by Gasteiger charge is 2.31. The highest BCUT2D eigenvalue weighted by molar-refractivity contribution is 7.90. The third kappa shape index (κ3) is 3.36. The van der Waals surface area contributed by atoms with E-state index in [9.17, 15) is 8.42 Å². The molecule has 0 N–H and O–H groups in total. The van der Waals surface area contributed by atoms with Gasteiger partial charge < -0.3 is 0 Å². The van der Waals surface area contributed by atoms with E-state index in [0.717, 1.165) is 13.1 Å². The van der Waals surface area contributed by atoms with Gasteiger partial charge in [0.15, 0.2) is 9.84 Å². The minimum absolute atomic E-state index is 0.348. The molecule has 122 valence electrons. The molecular formula is C17H26N2O2S. The van der Waals surface area contributed by atoms with Gasteiger partial charge in [-0.1, -0.05) is 12.1 Å². The summed E-state index contributed by atoms with van der Waals surface area (Å²) in [4.78, 5) is 5.57. The zero-order chi connectivity index (χ0) is 15.7. The molecule has 0 aromatic heterocycles. The summed E-state index contributed by atoms with van der Waals surface area (Å²) in [6.45, 7) is 7.01. The summed E-state index contributed by atoms with van der Waals surface area (Å²) in [6, 6.07) is 8.44. The Morgan fingerprint density at radius 1 is 1.09 bits per heavy atom. The van der Waals surface area contributed by atoms with Gasteiger partial charge in [0.1, 0.15) is 0 Å². The lowest BCUT2D eigenvalue weighted by atomic mass is 10.1. The van der Waals surface area contributed by atoms with Gasteiger partial charge in [0.25, 0.3) is 0 Å². The quantitative estimate of drug-likeness (QED) is 0.853. The fourth-order valence-electron chi connectivity index (χ4n) is 3.73. The third-order valence-corrected chi connectivity index (χ3v) is 6.32. The van der Waals surface area contributed by atoms with Crippen LogP contribution in [0.3, 0.4) is 0 Å². The molecule has 0 amide bonds. The molecule has 0 radical (unpaired) electrons. The molecule has 3 rings (SSSR count). The minimum Gasteiger partial charge on any atom is -0.299 e. The van der Waals surface area contributed by atoms with Crippen LogP contribution in [0.15, 0.2) is 29.2 Å². The van der Waals surface area contributed by atoms with Gasteiger partial charge >= 0.3 is 0 Å². The molecule has 2 heterocycles. The molecule has 0 unspecified atom stereocenters. The molecule has 0 saturated carbocycles. The second kappa shape index (κ2) is 6.30. The topological polar surface area (TPSA) is 40.6 Å². The second-order valence-corrected chi connectivity index (χ2v) is 8.71. The zero-order valence-electron chi connectivity index (χ0n) is 13.5. The average Bonchev–Trinajstić information content (AvgIpc) is 3.16. The van der Waals surface area contributed by atoms with Gasteiger partial charge in [0.2, 0.25) is 0 Å². The van der Waals surface area contributed by atoms with Crippen LogP contribution in [-0.2, 0) is 9.84 Å². The van der Waals surface area contributed by atoms with Gasteiger partial charge in [-0.05, 0) is 57.0 Å². The van der Waals surface area contributed by atoms with Gasteiger partial charge in [-0.25, -0.2) is 8.42 Å². The Labute approximate surface area is 134 Å². The molecule has 4 nitrogen and oxygen atoms in total. The molecule has 2 aliphatic rings. The molecule has 5 heteroatoms. The molecule has 1 aromatic rings. The molecule has 2 saturated heterocycles. The Morgan fingerprint density at radius 3 is 2.32 bits per heavy atom. The van der Waals surface area contributed by atoms with Crippen molar-refractivity contribution in [3.8, 4) is 0 Å². The summed E-state index contributed by atoms with van der Waals surface area (Å²) in [5.74, 6) is 0. The largest absolute Gasteiger partial charge is 0.299 e. The van der Waals surface area contributed by atoms with E-state index in [1.165, 1.54) is 44.2 Å². The van der Waals surface area contributed by atoms with E-state index in [-0.39, 0.29) is 0 Å². The van der Waals surface area contributed by atoms with Crippen molar-refractivity contribution in [2.75, 3.05) is 32.4 Å². The molecule has 2 fully saturated rings. The Bertz CT molecular complexity index is 606. The summed E-state index contributed by atoms with van der Waals surface area (Å²) in [6.07, 6.45) is 5.20. The maximum absolute atomic E-state index is 11.5. The Kier molecular flexibility index (Phi) is 4.57. The number of hydrogen-bond donors (Lipinski definition) is 0. The third-order valence-electron chi connectivity index (χ3n) is 5.19. The van der Waals surface area contributed by atoms with Crippen molar-refractivity contribution >= 4 is 9.84 Å². The first-order chi connectivity index (χ1) is 10.4.